The Morgan fingerprint density at radius 2 is 2.35 bits per heavy atom. The van der Waals surface area contributed by atoms with Crippen molar-refractivity contribution >= 4 is 0 Å². The zero-order chi connectivity index (χ0) is 12.3. The van der Waals surface area contributed by atoms with Crippen LogP contribution >= 0.6 is 0 Å². The van der Waals surface area contributed by atoms with Gasteiger partial charge in [-0.25, -0.2) is 4.98 Å². The highest BCUT2D eigenvalue weighted by atomic mass is 16.5. The number of hydrogen-bond acceptors (Lipinski definition) is 3. The molecule has 0 aliphatic carbocycles. The van der Waals surface area contributed by atoms with E-state index < -0.39 is 0 Å². The summed E-state index contributed by atoms with van der Waals surface area (Å²) in [5, 5.41) is 3.51. The van der Waals surface area contributed by atoms with Gasteiger partial charge in [0.15, 0.2) is 0 Å². The normalized spacial score (nSPS) is 22.2. The molecule has 0 saturated carbocycles. The van der Waals surface area contributed by atoms with Crippen molar-refractivity contribution in [3.8, 4) is 0 Å². The molecule has 96 valence electrons. The average Bonchev–Trinajstić information content (AvgIpc) is 2.96. The summed E-state index contributed by atoms with van der Waals surface area (Å²) in [5.74, 6) is 1.10. The van der Waals surface area contributed by atoms with Crippen LogP contribution in [-0.4, -0.2) is 28.3 Å². The van der Waals surface area contributed by atoms with E-state index in [1.54, 1.807) is 0 Å². The van der Waals surface area contributed by atoms with Crippen molar-refractivity contribution in [2.75, 3.05) is 6.61 Å². The van der Waals surface area contributed by atoms with Crippen molar-refractivity contribution in [3.05, 3.63) is 18.2 Å². The van der Waals surface area contributed by atoms with E-state index in [1.165, 1.54) is 12.8 Å². The molecule has 1 aliphatic heterocycles. The molecule has 4 heteroatoms. The third-order valence-electron chi connectivity index (χ3n) is 3.41. The predicted molar refractivity (Wildman–Crippen MR) is 67.9 cm³/mol. The van der Waals surface area contributed by atoms with Gasteiger partial charge in [-0.1, -0.05) is 0 Å². The Balaban J connectivity index is 1.86. The standard InChI is InChI=1S/C13H23N3O/c1-10(2)16-7-6-14-13(16)9-15-11(3)12-5-4-8-17-12/h6-7,10-12,15H,4-5,8-9H2,1-3H3/t11-,12+/m0/s1. The minimum Gasteiger partial charge on any atom is -0.377 e. The smallest absolute Gasteiger partial charge is 0.122 e. The summed E-state index contributed by atoms with van der Waals surface area (Å²) in [6.45, 7) is 8.27. The highest BCUT2D eigenvalue weighted by Crippen LogP contribution is 2.16. The number of nitrogens with one attached hydrogen (secondary N) is 1. The van der Waals surface area contributed by atoms with Gasteiger partial charge >= 0.3 is 0 Å². The van der Waals surface area contributed by atoms with Crippen molar-refractivity contribution in [1.82, 2.24) is 14.9 Å². The highest BCUT2D eigenvalue weighted by molar-refractivity contribution is 4.94. The van der Waals surface area contributed by atoms with Gasteiger partial charge in [0, 0.05) is 31.1 Å². The molecular weight excluding hydrogens is 214 g/mol. The monoisotopic (exact) mass is 237 g/mol. The van der Waals surface area contributed by atoms with Crippen molar-refractivity contribution in [1.29, 1.82) is 0 Å². The predicted octanol–water partition coefficient (Wildman–Crippen LogP) is 2.12. The first-order chi connectivity index (χ1) is 8.18. The Morgan fingerprint density at radius 1 is 1.53 bits per heavy atom. The van der Waals surface area contributed by atoms with E-state index in [-0.39, 0.29) is 0 Å². The molecule has 4 nitrogen and oxygen atoms in total. The number of nitrogens with zero attached hydrogens (tertiary/aromatic N) is 2. The first-order valence-corrected chi connectivity index (χ1v) is 6.55. The highest BCUT2D eigenvalue weighted by Gasteiger charge is 2.22. The number of rotatable bonds is 5. The number of aromatic nitrogens is 2. The van der Waals surface area contributed by atoms with Crippen LogP contribution in [0.2, 0.25) is 0 Å². The van der Waals surface area contributed by atoms with Gasteiger partial charge in [-0.2, -0.15) is 0 Å². The van der Waals surface area contributed by atoms with Crippen LogP contribution in [0.25, 0.3) is 0 Å². The van der Waals surface area contributed by atoms with Gasteiger partial charge in [-0.05, 0) is 33.6 Å². The zero-order valence-corrected chi connectivity index (χ0v) is 11.0. The molecule has 0 spiro atoms. The Labute approximate surface area is 103 Å². The molecule has 0 amide bonds. The van der Waals surface area contributed by atoms with E-state index in [0.717, 1.165) is 19.0 Å². The first-order valence-electron chi connectivity index (χ1n) is 6.55. The second-order valence-corrected chi connectivity index (χ2v) is 5.07. The van der Waals surface area contributed by atoms with Crippen molar-refractivity contribution < 1.29 is 4.74 Å². The molecule has 1 saturated heterocycles. The lowest BCUT2D eigenvalue weighted by Gasteiger charge is -2.20. The maximum absolute atomic E-state index is 5.67. The topological polar surface area (TPSA) is 39.1 Å². The van der Waals surface area contributed by atoms with E-state index in [0.29, 0.717) is 18.2 Å². The maximum atomic E-state index is 5.67. The van der Waals surface area contributed by atoms with E-state index in [1.807, 2.05) is 12.4 Å². The molecular formula is C13H23N3O. The second-order valence-electron chi connectivity index (χ2n) is 5.07. The molecule has 17 heavy (non-hydrogen) atoms. The summed E-state index contributed by atoms with van der Waals surface area (Å²) in [7, 11) is 0. The van der Waals surface area contributed by atoms with Crippen LogP contribution in [0, 0.1) is 0 Å². The van der Waals surface area contributed by atoms with Crippen LogP contribution in [0.15, 0.2) is 12.4 Å². The van der Waals surface area contributed by atoms with E-state index in [9.17, 15) is 0 Å². The van der Waals surface area contributed by atoms with Crippen LogP contribution in [-0.2, 0) is 11.3 Å². The lowest BCUT2D eigenvalue weighted by atomic mass is 10.1. The van der Waals surface area contributed by atoms with Crippen molar-refractivity contribution in [3.63, 3.8) is 0 Å². The van der Waals surface area contributed by atoms with Crippen LogP contribution in [0.3, 0.4) is 0 Å². The van der Waals surface area contributed by atoms with Crippen LogP contribution in [0.5, 0.6) is 0 Å². The lowest BCUT2D eigenvalue weighted by molar-refractivity contribution is 0.0828. The Morgan fingerprint density at radius 3 is 3.00 bits per heavy atom. The molecule has 0 radical (unpaired) electrons. The average molecular weight is 237 g/mol. The van der Waals surface area contributed by atoms with Gasteiger partial charge in [0.05, 0.1) is 12.6 Å². The molecule has 0 unspecified atom stereocenters. The number of hydrogen-bond donors (Lipinski definition) is 1. The maximum Gasteiger partial charge on any atom is 0.122 e. The van der Waals surface area contributed by atoms with Crippen molar-refractivity contribution in [2.24, 2.45) is 0 Å². The first kappa shape index (κ1) is 12.6. The number of imidazole rings is 1. The fraction of sp³-hybridized carbons (Fsp3) is 0.769. The summed E-state index contributed by atoms with van der Waals surface area (Å²) >= 11 is 0. The van der Waals surface area contributed by atoms with Crippen LogP contribution in [0.4, 0.5) is 0 Å². The summed E-state index contributed by atoms with van der Waals surface area (Å²) < 4.78 is 7.88. The van der Waals surface area contributed by atoms with Gasteiger partial charge in [0.1, 0.15) is 5.82 Å². The van der Waals surface area contributed by atoms with Gasteiger partial charge < -0.3 is 14.6 Å². The summed E-state index contributed by atoms with van der Waals surface area (Å²) in [6.07, 6.45) is 6.65. The number of ether oxygens (including phenoxy) is 1. The minimum atomic E-state index is 0.373. The Hall–Kier alpha value is -0.870. The quantitative estimate of drug-likeness (QED) is 0.852. The molecule has 1 aliphatic rings. The summed E-state index contributed by atoms with van der Waals surface area (Å²) in [4.78, 5) is 4.40. The molecule has 2 atom stereocenters. The Kier molecular flexibility index (Phi) is 4.18. The van der Waals surface area contributed by atoms with E-state index >= 15 is 0 Å². The van der Waals surface area contributed by atoms with Gasteiger partial charge in [-0.3, -0.25) is 0 Å². The van der Waals surface area contributed by atoms with Crippen LogP contribution < -0.4 is 5.32 Å². The molecule has 1 aromatic rings. The molecule has 0 aromatic carbocycles. The van der Waals surface area contributed by atoms with Gasteiger partial charge in [0.25, 0.3) is 0 Å². The molecule has 2 heterocycles. The SMILES string of the molecule is CC(C)n1ccnc1CN[C@@H](C)[C@H]1CCCO1. The third-order valence-corrected chi connectivity index (χ3v) is 3.41. The molecule has 1 fully saturated rings. The fourth-order valence-electron chi connectivity index (χ4n) is 2.33. The van der Waals surface area contributed by atoms with E-state index in [2.05, 4.69) is 35.6 Å². The fourth-order valence-corrected chi connectivity index (χ4v) is 2.33. The van der Waals surface area contributed by atoms with E-state index in [4.69, 9.17) is 4.74 Å². The van der Waals surface area contributed by atoms with Crippen molar-refractivity contribution in [2.45, 2.75) is 58.3 Å². The Bertz CT molecular complexity index is 342. The van der Waals surface area contributed by atoms with Crippen LogP contribution in [0.1, 0.15) is 45.5 Å². The zero-order valence-electron chi connectivity index (χ0n) is 11.0. The summed E-state index contributed by atoms with van der Waals surface area (Å²) in [5.41, 5.74) is 0. The third kappa shape index (κ3) is 3.07. The molecule has 0 bridgehead atoms. The lowest BCUT2D eigenvalue weighted by Crippen LogP contribution is -2.37. The summed E-state index contributed by atoms with van der Waals surface area (Å²) in [6, 6.07) is 0.863. The van der Waals surface area contributed by atoms with Gasteiger partial charge in [-0.15, -0.1) is 0 Å². The minimum absolute atomic E-state index is 0.373. The molecule has 1 N–H and O–H groups in total. The molecule has 1 aromatic heterocycles. The largest absolute Gasteiger partial charge is 0.377 e. The molecule has 2 rings (SSSR count). The van der Waals surface area contributed by atoms with Gasteiger partial charge in [0.2, 0.25) is 0 Å². The second kappa shape index (κ2) is 5.65.